The Labute approximate surface area is 91.7 Å². The molecule has 3 nitrogen and oxygen atoms in total. The molecule has 2 rings (SSSR count). The van der Waals surface area contributed by atoms with Gasteiger partial charge in [0.1, 0.15) is 0 Å². The van der Waals surface area contributed by atoms with Gasteiger partial charge in [-0.2, -0.15) is 0 Å². The Morgan fingerprint density at radius 3 is 2.47 bits per heavy atom. The summed E-state index contributed by atoms with van der Waals surface area (Å²) in [6.07, 6.45) is 2.95. The van der Waals surface area contributed by atoms with E-state index in [1.54, 1.807) is 24.3 Å². The van der Waals surface area contributed by atoms with Gasteiger partial charge in [-0.1, -0.05) is 18.2 Å². The average Bonchev–Trinajstić information content (AvgIpc) is 2.69. The van der Waals surface area contributed by atoms with E-state index in [1.165, 1.54) is 18.6 Å². The van der Waals surface area contributed by atoms with E-state index < -0.39 is 9.05 Å². The Balaban J connectivity index is 2.68. The van der Waals surface area contributed by atoms with Crippen molar-refractivity contribution in [3.05, 3.63) is 42.9 Å². The summed E-state index contributed by atoms with van der Waals surface area (Å²) in [6.45, 7) is 0. The second-order valence-corrected chi connectivity index (χ2v) is 5.48. The lowest BCUT2D eigenvalue weighted by atomic mass is 10.1. The lowest BCUT2D eigenvalue weighted by Crippen LogP contribution is -1.93. The largest absolute Gasteiger partial charge is 0.472 e. The highest BCUT2D eigenvalue weighted by atomic mass is 35.7. The zero-order valence-corrected chi connectivity index (χ0v) is 9.12. The minimum Gasteiger partial charge on any atom is -0.472 e. The first-order chi connectivity index (χ1) is 7.09. The monoisotopic (exact) mass is 242 g/mol. The molecule has 1 aromatic carbocycles. The highest BCUT2D eigenvalue weighted by molar-refractivity contribution is 8.13. The van der Waals surface area contributed by atoms with Crippen molar-refractivity contribution in [1.29, 1.82) is 0 Å². The summed E-state index contributed by atoms with van der Waals surface area (Å²) >= 11 is 0. The zero-order chi connectivity index (χ0) is 10.9. The maximum Gasteiger partial charge on any atom is 0.261 e. The average molecular weight is 243 g/mol. The molecule has 2 aromatic rings. The highest BCUT2D eigenvalue weighted by Crippen LogP contribution is 2.29. The highest BCUT2D eigenvalue weighted by Gasteiger charge is 2.16. The molecular weight excluding hydrogens is 236 g/mol. The van der Waals surface area contributed by atoms with Crippen LogP contribution in [0.15, 0.2) is 52.2 Å². The van der Waals surface area contributed by atoms with E-state index in [1.807, 2.05) is 0 Å². The number of halogens is 1. The molecule has 0 saturated carbocycles. The van der Waals surface area contributed by atoms with Crippen LogP contribution in [0.1, 0.15) is 0 Å². The van der Waals surface area contributed by atoms with E-state index in [0.29, 0.717) is 11.1 Å². The van der Waals surface area contributed by atoms with Gasteiger partial charge in [0.2, 0.25) is 0 Å². The molecule has 0 fully saturated rings. The van der Waals surface area contributed by atoms with Crippen LogP contribution in [-0.4, -0.2) is 8.42 Å². The minimum atomic E-state index is -3.73. The number of furan rings is 1. The number of hydrogen-bond donors (Lipinski definition) is 0. The van der Waals surface area contributed by atoms with Crippen LogP contribution in [0.2, 0.25) is 0 Å². The molecule has 0 saturated heterocycles. The SMILES string of the molecule is O=S(=O)(Cl)c1ccccc1-c1ccoc1. The van der Waals surface area contributed by atoms with Crippen molar-refractivity contribution in [3.63, 3.8) is 0 Å². The van der Waals surface area contributed by atoms with Crippen molar-refractivity contribution in [2.24, 2.45) is 0 Å². The zero-order valence-electron chi connectivity index (χ0n) is 7.55. The van der Waals surface area contributed by atoms with E-state index in [-0.39, 0.29) is 4.90 Å². The molecular formula is C10H7ClO3S. The molecule has 0 aliphatic carbocycles. The van der Waals surface area contributed by atoms with Crippen LogP contribution in [0.4, 0.5) is 0 Å². The Morgan fingerprint density at radius 2 is 1.87 bits per heavy atom. The van der Waals surface area contributed by atoms with E-state index >= 15 is 0 Å². The molecule has 15 heavy (non-hydrogen) atoms. The molecule has 0 unspecified atom stereocenters. The van der Waals surface area contributed by atoms with Gasteiger partial charge in [-0.3, -0.25) is 0 Å². The molecule has 1 aromatic heterocycles. The molecule has 0 aliphatic heterocycles. The Morgan fingerprint density at radius 1 is 1.13 bits per heavy atom. The second-order valence-electron chi connectivity index (χ2n) is 2.95. The van der Waals surface area contributed by atoms with E-state index in [2.05, 4.69) is 0 Å². The lowest BCUT2D eigenvalue weighted by molar-refractivity contribution is 0.568. The third kappa shape index (κ3) is 2.06. The topological polar surface area (TPSA) is 47.3 Å². The van der Waals surface area contributed by atoms with Crippen molar-refractivity contribution < 1.29 is 12.8 Å². The summed E-state index contributed by atoms with van der Waals surface area (Å²) in [5.74, 6) is 0. The first-order valence-corrected chi connectivity index (χ1v) is 6.46. The van der Waals surface area contributed by atoms with Crippen LogP contribution in [-0.2, 0) is 9.05 Å². The third-order valence-electron chi connectivity index (χ3n) is 1.98. The fraction of sp³-hybridized carbons (Fsp3) is 0. The molecule has 0 N–H and O–H groups in total. The summed E-state index contributed by atoms with van der Waals surface area (Å²) in [5.41, 5.74) is 1.23. The fourth-order valence-electron chi connectivity index (χ4n) is 1.34. The number of rotatable bonds is 2. The molecule has 0 bridgehead atoms. The van der Waals surface area contributed by atoms with Gasteiger partial charge in [-0.05, 0) is 12.1 Å². The number of benzene rings is 1. The van der Waals surface area contributed by atoms with Crippen molar-refractivity contribution in [2.75, 3.05) is 0 Å². The maximum absolute atomic E-state index is 11.3. The van der Waals surface area contributed by atoms with Crippen LogP contribution in [0.5, 0.6) is 0 Å². The van der Waals surface area contributed by atoms with E-state index in [9.17, 15) is 8.42 Å². The Bertz CT molecular complexity index is 558. The van der Waals surface area contributed by atoms with Crippen LogP contribution in [0, 0.1) is 0 Å². The first-order valence-electron chi connectivity index (χ1n) is 4.15. The molecule has 0 spiro atoms. The van der Waals surface area contributed by atoms with Gasteiger partial charge in [0.05, 0.1) is 17.4 Å². The van der Waals surface area contributed by atoms with Crippen molar-refractivity contribution >= 4 is 19.7 Å². The van der Waals surface area contributed by atoms with Crippen molar-refractivity contribution in [1.82, 2.24) is 0 Å². The normalized spacial score (nSPS) is 11.5. The predicted molar refractivity (Wildman–Crippen MR) is 57.2 cm³/mol. The summed E-state index contributed by atoms with van der Waals surface area (Å²) < 4.78 is 27.5. The van der Waals surface area contributed by atoms with Gasteiger partial charge >= 0.3 is 0 Å². The fourth-order valence-corrected chi connectivity index (χ4v) is 2.43. The third-order valence-corrected chi connectivity index (χ3v) is 3.36. The van der Waals surface area contributed by atoms with Crippen molar-refractivity contribution in [3.8, 4) is 11.1 Å². The standard InChI is InChI=1S/C10H7ClO3S/c11-15(12,13)10-4-2-1-3-9(10)8-5-6-14-7-8/h1-7H. The molecule has 0 amide bonds. The summed E-state index contributed by atoms with van der Waals surface area (Å²) in [7, 11) is 1.59. The molecule has 78 valence electrons. The van der Waals surface area contributed by atoms with Crippen LogP contribution in [0.25, 0.3) is 11.1 Å². The molecule has 5 heteroatoms. The Kier molecular flexibility index (Phi) is 2.54. The van der Waals surface area contributed by atoms with Gasteiger partial charge in [-0.25, -0.2) is 8.42 Å². The predicted octanol–water partition coefficient (Wildman–Crippen LogP) is 2.87. The molecule has 0 aliphatic rings. The second kappa shape index (κ2) is 3.72. The maximum atomic E-state index is 11.3. The smallest absolute Gasteiger partial charge is 0.261 e. The summed E-state index contributed by atoms with van der Waals surface area (Å²) in [5, 5.41) is 0. The van der Waals surface area contributed by atoms with E-state index in [4.69, 9.17) is 15.1 Å². The Hall–Kier alpha value is -1.26. The minimum absolute atomic E-state index is 0.0908. The van der Waals surface area contributed by atoms with Gasteiger partial charge in [0, 0.05) is 21.8 Å². The van der Waals surface area contributed by atoms with Crippen LogP contribution >= 0.6 is 10.7 Å². The van der Waals surface area contributed by atoms with Crippen LogP contribution in [0.3, 0.4) is 0 Å². The molecule has 0 radical (unpaired) electrons. The van der Waals surface area contributed by atoms with Gasteiger partial charge in [-0.15, -0.1) is 0 Å². The van der Waals surface area contributed by atoms with E-state index in [0.717, 1.165) is 0 Å². The summed E-state index contributed by atoms with van der Waals surface area (Å²) in [6, 6.07) is 8.19. The molecule has 0 atom stereocenters. The first kappa shape index (κ1) is 10.3. The lowest BCUT2D eigenvalue weighted by Gasteiger charge is -2.03. The van der Waals surface area contributed by atoms with Crippen LogP contribution < -0.4 is 0 Å². The van der Waals surface area contributed by atoms with Gasteiger partial charge in [0.25, 0.3) is 9.05 Å². The molecule has 1 heterocycles. The van der Waals surface area contributed by atoms with Gasteiger partial charge < -0.3 is 4.42 Å². The van der Waals surface area contributed by atoms with Gasteiger partial charge in [0.15, 0.2) is 0 Å². The van der Waals surface area contributed by atoms with Crippen molar-refractivity contribution in [2.45, 2.75) is 4.90 Å². The quantitative estimate of drug-likeness (QED) is 0.761. The number of hydrogen-bond acceptors (Lipinski definition) is 3. The summed E-state index contributed by atoms with van der Waals surface area (Å²) in [4.78, 5) is 0.0908.